The molecule has 0 spiro atoms. The lowest BCUT2D eigenvalue weighted by atomic mass is 10.2. The van der Waals surface area contributed by atoms with Crippen molar-refractivity contribution in [2.24, 2.45) is 7.05 Å². The van der Waals surface area contributed by atoms with Gasteiger partial charge in [-0.25, -0.2) is 4.79 Å². The number of carbonyl (C=O) groups excluding carboxylic acids is 1. The number of rotatable bonds is 7. The molecule has 27 heavy (non-hydrogen) atoms. The van der Waals surface area contributed by atoms with Gasteiger partial charge in [0.05, 0.1) is 17.8 Å². The molecule has 0 aliphatic carbocycles. The van der Waals surface area contributed by atoms with Gasteiger partial charge in [0.1, 0.15) is 11.4 Å². The predicted molar refractivity (Wildman–Crippen MR) is 99.9 cm³/mol. The second kappa shape index (κ2) is 8.20. The van der Waals surface area contributed by atoms with E-state index in [1.165, 1.54) is 0 Å². The van der Waals surface area contributed by atoms with Crippen molar-refractivity contribution in [2.75, 3.05) is 20.8 Å². The molecule has 3 rings (SSSR count). The number of nitrogens with zero attached hydrogens (tertiary/aromatic N) is 2. The highest BCUT2D eigenvalue weighted by Gasteiger charge is 2.18. The Morgan fingerprint density at radius 3 is 2.67 bits per heavy atom. The van der Waals surface area contributed by atoms with Crippen LogP contribution in [0.2, 0.25) is 0 Å². The normalized spacial score (nSPS) is 11.1. The molecule has 0 amide bonds. The van der Waals surface area contributed by atoms with Gasteiger partial charge in [-0.2, -0.15) is 0 Å². The van der Waals surface area contributed by atoms with Gasteiger partial charge in [-0.3, -0.25) is 4.98 Å². The Bertz CT molecular complexity index is 947. The van der Waals surface area contributed by atoms with Crippen LogP contribution in [0, 0.1) is 0 Å². The number of para-hydroxylation sites is 1. The third-order valence-corrected chi connectivity index (χ3v) is 4.15. The maximum atomic E-state index is 12.2. The van der Waals surface area contributed by atoms with E-state index in [2.05, 4.69) is 4.98 Å². The van der Waals surface area contributed by atoms with Crippen molar-refractivity contribution in [3.8, 4) is 11.5 Å². The second-order valence-electron chi connectivity index (χ2n) is 5.82. The Hall–Kier alpha value is -2.90. The van der Waals surface area contributed by atoms with Crippen molar-refractivity contribution in [2.45, 2.75) is 13.2 Å². The fourth-order valence-corrected chi connectivity index (χ4v) is 2.95. The first kappa shape index (κ1) is 18.9. The number of aromatic nitrogens is 2. The lowest BCUT2D eigenvalue weighted by Crippen LogP contribution is -2.09. The lowest BCUT2D eigenvalue weighted by Gasteiger charge is -2.14. The smallest absolute Gasteiger partial charge is 0.354 e. The number of pyridine rings is 1. The van der Waals surface area contributed by atoms with Crippen molar-refractivity contribution in [1.82, 2.24) is 9.55 Å². The molecule has 7 nitrogen and oxygen atoms in total. The van der Waals surface area contributed by atoms with E-state index in [1.807, 2.05) is 25.2 Å². The SMILES string of the molecule is CCOC(=O)c1cc2cccc(Oc3ccnc(C(OC)OC)c3)c2n1C. The zero-order valence-corrected chi connectivity index (χ0v) is 15.8. The minimum absolute atomic E-state index is 0.323. The molecule has 0 bridgehead atoms. The Kier molecular flexibility index (Phi) is 5.73. The highest BCUT2D eigenvalue weighted by Crippen LogP contribution is 2.32. The minimum atomic E-state index is -0.574. The van der Waals surface area contributed by atoms with Crippen LogP contribution < -0.4 is 4.74 Å². The largest absolute Gasteiger partial charge is 0.461 e. The summed E-state index contributed by atoms with van der Waals surface area (Å²) in [5.74, 6) is 0.843. The van der Waals surface area contributed by atoms with Crippen LogP contribution in [0.25, 0.3) is 10.9 Å². The van der Waals surface area contributed by atoms with Crippen molar-refractivity contribution >= 4 is 16.9 Å². The maximum absolute atomic E-state index is 12.2. The molecule has 2 heterocycles. The average molecular weight is 370 g/mol. The molecule has 1 aromatic carbocycles. The zero-order valence-electron chi connectivity index (χ0n) is 15.8. The van der Waals surface area contributed by atoms with E-state index >= 15 is 0 Å². The number of ether oxygens (including phenoxy) is 4. The van der Waals surface area contributed by atoms with Crippen molar-refractivity contribution < 1.29 is 23.7 Å². The first-order chi connectivity index (χ1) is 13.1. The van der Waals surface area contributed by atoms with E-state index < -0.39 is 6.29 Å². The molecule has 0 aliphatic heterocycles. The molecule has 0 aliphatic rings. The maximum Gasteiger partial charge on any atom is 0.354 e. The number of hydrogen-bond donors (Lipinski definition) is 0. The molecule has 0 unspecified atom stereocenters. The molecule has 142 valence electrons. The molecule has 7 heteroatoms. The number of carbonyl (C=O) groups is 1. The second-order valence-corrected chi connectivity index (χ2v) is 5.82. The fourth-order valence-electron chi connectivity index (χ4n) is 2.95. The summed E-state index contributed by atoms with van der Waals surface area (Å²) in [7, 11) is 4.90. The number of benzene rings is 1. The Morgan fingerprint density at radius 2 is 1.96 bits per heavy atom. The zero-order chi connectivity index (χ0) is 19.4. The van der Waals surface area contributed by atoms with E-state index in [1.54, 1.807) is 50.1 Å². The molecule has 3 aromatic rings. The molecule has 0 saturated carbocycles. The Morgan fingerprint density at radius 1 is 1.19 bits per heavy atom. The van der Waals surface area contributed by atoms with Crippen LogP contribution in [0.5, 0.6) is 11.5 Å². The van der Waals surface area contributed by atoms with Crippen LogP contribution >= 0.6 is 0 Å². The first-order valence-electron chi connectivity index (χ1n) is 8.54. The standard InChI is InChI=1S/C20H22N2O5/c1-5-26-19(23)16-11-13-7-6-8-17(18(13)22(16)2)27-14-9-10-21-15(12-14)20(24-3)25-4/h6-12,20H,5H2,1-4H3. The third-order valence-electron chi connectivity index (χ3n) is 4.15. The fraction of sp³-hybridized carbons (Fsp3) is 0.300. The molecular weight excluding hydrogens is 348 g/mol. The van der Waals surface area contributed by atoms with Crippen LogP contribution in [-0.4, -0.2) is 36.3 Å². The van der Waals surface area contributed by atoms with Crippen LogP contribution in [0.1, 0.15) is 29.4 Å². The monoisotopic (exact) mass is 370 g/mol. The number of aryl methyl sites for hydroxylation is 1. The van der Waals surface area contributed by atoms with Gasteiger partial charge in [0.25, 0.3) is 0 Å². The molecule has 0 N–H and O–H groups in total. The van der Waals surface area contributed by atoms with Crippen LogP contribution in [-0.2, 0) is 21.3 Å². The van der Waals surface area contributed by atoms with Gasteiger partial charge in [-0.15, -0.1) is 0 Å². The third kappa shape index (κ3) is 3.79. The summed E-state index contributed by atoms with van der Waals surface area (Å²) >= 11 is 0. The van der Waals surface area contributed by atoms with Crippen LogP contribution in [0.15, 0.2) is 42.6 Å². The van der Waals surface area contributed by atoms with Gasteiger partial charge >= 0.3 is 5.97 Å². The van der Waals surface area contributed by atoms with E-state index in [-0.39, 0.29) is 5.97 Å². The van der Waals surface area contributed by atoms with Gasteiger partial charge in [0, 0.05) is 38.9 Å². The van der Waals surface area contributed by atoms with Gasteiger partial charge in [-0.1, -0.05) is 12.1 Å². The Labute approximate surface area is 157 Å². The molecule has 0 atom stereocenters. The number of esters is 1. The quantitative estimate of drug-likeness (QED) is 0.465. The summed E-state index contributed by atoms with van der Waals surface area (Å²) in [5, 5.41) is 0.888. The lowest BCUT2D eigenvalue weighted by molar-refractivity contribution is -0.108. The number of methoxy groups -OCH3 is 2. The summed E-state index contributed by atoms with van der Waals surface area (Å²) in [4.78, 5) is 16.4. The van der Waals surface area contributed by atoms with E-state index in [4.69, 9.17) is 18.9 Å². The number of hydrogen-bond acceptors (Lipinski definition) is 6. The molecule has 0 saturated heterocycles. The van der Waals surface area contributed by atoms with Gasteiger partial charge < -0.3 is 23.5 Å². The summed E-state index contributed by atoms with van der Waals surface area (Å²) in [6.07, 6.45) is 1.06. The van der Waals surface area contributed by atoms with Crippen LogP contribution in [0.4, 0.5) is 0 Å². The van der Waals surface area contributed by atoms with Crippen LogP contribution in [0.3, 0.4) is 0 Å². The van der Waals surface area contributed by atoms with Crippen molar-refractivity contribution in [3.05, 3.63) is 54.0 Å². The van der Waals surface area contributed by atoms with Gasteiger partial charge in [0.2, 0.25) is 6.29 Å². The predicted octanol–water partition coefficient (Wildman–Crippen LogP) is 3.83. The van der Waals surface area contributed by atoms with Crippen molar-refractivity contribution in [1.29, 1.82) is 0 Å². The molecule has 2 aromatic heterocycles. The minimum Gasteiger partial charge on any atom is -0.461 e. The first-order valence-corrected chi connectivity index (χ1v) is 8.54. The molecule has 0 fully saturated rings. The van der Waals surface area contributed by atoms with Crippen molar-refractivity contribution in [3.63, 3.8) is 0 Å². The topological polar surface area (TPSA) is 71.8 Å². The van der Waals surface area contributed by atoms with Gasteiger partial charge in [0.15, 0.2) is 5.75 Å². The Balaban J connectivity index is 1.98. The van der Waals surface area contributed by atoms with E-state index in [0.29, 0.717) is 29.5 Å². The van der Waals surface area contributed by atoms with Gasteiger partial charge in [-0.05, 0) is 25.1 Å². The van der Waals surface area contributed by atoms with E-state index in [9.17, 15) is 4.79 Å². The summed E-state index contributed by atoms with van der Waals surface area (Å²) < 4.78 is 23.5. The highest BCUT2D eigenvalue weighted by atomic mass is 16.7. The summed E-state index contributed by atoms with van der Waals surface area (Å²) in [5.41, 5.74) is 1.87. The average Bonchev–Trinajstić information content (AvgIpc) is 3.01. The molecule has 0 radical (unpaired) electrons. The summed E-state index contributed by atoms with van der Waals surface area (Å²) in [6.45, 7) is 2.10. The molecular formula is C20H22N2O5. The number of fused-ring (bicyclic) bond motifs is 1. The summed E-state index contributed by atoms with van der Waals surface area (Å²) in [6, 6.07) is 11.0. The highest BCUT2D eigenvalue weighted by molar-refractivity contribution is 5.97. The van der Waals surface area contributed by atoms with E-state index in [0.717, 1.165) is 10.9 Å².